The Kier molecular flexibility index (Phi) is 51.1. The molecule has 380 valence electrons. The molecule has 64 heavy (non-hydrogen) atoms. The van der Waals surface area contributed by atoms with E-state index in [1.807, 2.05) is 0 Å². The summed E-state index contributed by atoms with van der Waals surface area (Å²) in [6.07, 6.45) is 56.5. The van der Waals surface area contributed by atoms with E-state index < -0.39 is 6.10 Å². The van der Waals surface area contributed by atoms with Crippen molar-refractivity contribution in [2.24, 2.45) is 5.92 Å². The summed E-state index contributed by atoms with van der Waals surface area (Å²) in [6, 6.07) is 0. The first-order valence-corrected chi connectivity index (χ1v) is 28.9. The largest absolute Gasteiger partial charge is 0.462 e. The van der Waals surface area contributed by atoms with Crippen LogP contribution in [-0.4, -0.2) is 37.2 Å². The molecule has 0 bridgehead atoms. The van der Waals surface area contributed by atoms with E-state index in [-0.39, 0.29) is 31.1 Å². The van der Waals surface area contributed by atoms with Gasteiger partial charge < -0.3 is 14.2 Å². The van der Waals surface area contributed by atoms with Crippen molar-refractivity contribution in [2.75, 3.05) is 13.2 Å². The summed E-state index contributed by atoms with van der Waals surface area (Å²) in [5.74, 6) is 0.0602. The van der Waals surface area contributed by atoms with Gasteiger partial charge in [0.25, 0.3) is 0 Å². The maximum Gasteiger partial charge on any atom is 0.306 e. The molecule has 0 spiro atoms. The van der Waals surface area contributed by atoms with Crippen LogP contribution in [0.3, 0.4) is 0 Å². The maximum absolute atomic E-state index is 12.8. The topological polar surface area (TPSA) is 78.9 Å². The molecule has 0 aromatic rings. The number of rotatable bonds is 53. The first-order chi connectivity index (χ1) is 31.4. The minimum atomic E-state index is -0.761. The Hall–Kier alpha value is -1.59. The number of carbonyl (C=O) groups excluding carboxylic acids is 3. The highest BCUT2D eigenvalue weighted by Crippen LogP contribution is 2.18. The fraction of sp³-hybridized carbons (Fsp3) is 0.948. The van der Waals surface area contributed by atoms with Crippen molar-refractivity contribution >= 4 is 17.9 Å². The Labute approximate surface area is 399 Å². The molecule has 6 nitrogen and oxygen atoms in total. The molecule has 0 aromatic heterocycles. The highest BCUT2D eigenvalue weighted by Gasteiger charge is 2.19. The Bertz CT molecular complexity index is 966. The van der Waals surface area contributed by atoms with Gasteiger partial charge in [-0.15, -0.1) is 0 Å². The zero-order valence-electron chi connectivity index (χ0n) is 43.8. The van der Waals surface area contributed by atoms with Gasteiger partial charge in [-0.3, -0.25) is 14.4 Å². The van der Waals surface area contributed by atoms with Crippen molar-refractivity contribution < 1.29 is 28.6 Å². The van der Waals surface area contributed by atoms with Crippen LogP contribution in [0.1, 0.15) is 329 Å². The van der Waals surface area contributed by atoms with Gasteiger partial charge in [-0.1, -0.05) is 291 Å². The van der Waals surface area contributed by atoms with Crippen LogP contribution in [0, 0.1) is 5.92 Å². The van der Waals surface area contributed by atoms with Crippen LogP contribution in [0.2, 0.25) is 0 Å². The van der Waals surface area contributed by atoms with Crippen LogP contribution in [0.25, 0.3) is 0 Å². The molecule has 0 N–H and O–H groups in total. The van der Waals surface area contributed by atoms with Gasteiger partial charge in [0.15, 0.2) is 6.10 Å². The molecular formula is C58H112O6. The molecule has 0 aliphatic rings. The van der Waals surface area contributed by atoms with Crippen molar-refractivity contribution in [3.63, 3.8) is 0 Å². The lowest BCUT2D eigenvalue weighted by molar-refractivity contribution is -0.167. The number of unbranched alkanes of at least 4 members (excludes halogenated alkanes) is 39. The van der Waals surface area contributed by atoms with E-state index in [0.29, 0.717) is 19.3 Å². The molecule has 0 fully saturated rings. The van der Waals surface area contributed by atoms with E-state index in [1.54, 1.807) is 0 Å². The summed E-state index contributed by atoms with van der Waals surface area (Å²) in [6.45, 7) is 9.09. The fourth-order valence-electron chi connectivity index (χ4n) is 8.89. The lowest BCUT2D eigenvalue weighted by Crippen LogP contribution is -2.30. The lowest BCUT2D eigenvalue weighted by atomic mass is 9.99. The summed E-state index contributed by atoms with van der Waals surface area (Å²) in [5.41, 5.74) is 0. The van der Waals surface area contributed by atoms with Gasteiger partial charge in [-0.05, 0) is 25.2 Å². The molecule has 0 radical (unpaired) electrons. The monoisotopic (exact) mass is 905 g/mol. The standard InChI is InChI=1S/C58H112O6/c1-5-8-10-12-14-16-18-20-21-22-26-30-33-37-41-45-49-56(59)62-52-55(64-58(61)51-47-43-39-35-29-19-17-15-13-11-9-6-2)53-63-57(60)50-46-42-38-34-31-27-24-23-25-28-32-36-40-44-48-54(4)7-3/h54-55H,5-53H2,1-4H3/t54?,55-/m1/s1. The molecule has 0 aliphatic heterocycles. The second-order valence-corrected chi connectivity index (χ2v) is 20.2. The van der Waals surface area contributed by atoms with Crippen LogP contribution in [0.5, 0.6) is 0 Å². The van der Waals surface area contributed by atoms with E-state index in [9.17, 15) is 14.4 Å². The highest BCUT2D eigenvalue weighted by molar-refractivity contribution is 5.71. The lowest BCUT2D eigenvalue weighted by Gasteiger charge is -2.18. The number of hydrogen-bond acceptors (Lipinski definition) is 6. The van der Waals surface area contributed by atoms with Gasteiger partial charge >= 0.3 is 17.9 Å². The van der Waals surface area contributed by atoms with Gasteiger partial charge in [-0.2, -0.15) is 0 Å². The van der Waals surface area contributed by atoms with Gasteiger partial charge in [0.2, 0.25) is 0 Å². The molecule has 2 atom stereocenters. The molecule has 0 rings (SSSR count). The number of carbonyl (C=O) groups is 3. The van der Waals surface area contributed by atoms with E-state index in [4.69, 9.17) is 14.2 Å². The van der Waals surface area contributed by atoms with Gasteiger partial charge in [0.1, 0.15) is 13.2 Å². The molecule has 6 heteroatoms. The third-order valence-corrected chi connectivity index (χ3v) is 13.7. The van der Waals surface area contributed by atoms with Gasteiger partial charge in [-0.25, -0.2) is 0 Å². The molecular weight excluding hydrogens is 793 g/mol. The molecule has 0 saturated carbocycles. The third kappa shape index (κ3) is 49.8. The molecule has 0 aromatic carbocycles. The van der Waals surface area contributed by atoms with Crippen molar-refractivity contribution in [2.45, 2.75) is 336 Å². The first kappa shape index (κ1) is 62.4. The van der Waals surface area contributed by atoms with E-state index in [1.165, 1.54) is 225 Å². The molecule has 0 aliphatic carbocycles. The number of ether oxygens (including phenoxy) is 3. The summed E-state index contributed by atoms with van der Waals surface area (Å²) >= 11 is 0. The van der Waals surface area contributed by atoms with Crippen molar-refractivity contribution in [1.82, 2.24) is 0 Å². The van der Waals surface area contributed by atoms with E-state index in [2.05, 4.69) is 27.7 Å². The predicted molar refractivity (Wildman–Crippen MR) is 275 cm³/mol. The van der Waals surface area contributed by atoms with Crippen LogP contribution in [0.15, 0.2) is 0 Å². The maximum atomic E-state index is 12.8. The minimum absolute atomic E-state index is 0.0618. The Balaban J connectivity index is 4.26. The fourth-order valence-corrected chi connectivity index (χ4v) is 8.89. The SMILES string of the molecule is CCCCCCCCCCCCCCCCCCC(=O)OC[C@H](COC(=O)CCCCCCCCCCCCCCCCC(C)CC)OC(=O)CCCCCCCCCCCCCC. The van der Waals surface area contributed by atoms with Gasteiger partial charge in [0, 0.05) is 19.3 Å². The summed E-state index contributed by atoms with van der Waals surface area (Å²) in [4.78, 5) is 38.1. The Morgan fingerprint density at radius 1 is 0.312 bits per heavy atom. The average Bonchev–Trinajstić information content (AvgIpc) is 3.29. The van der Waals surface area contributed by atoms with Crippen LogP contribution in [0.4, 0.5) is 0 Å². The Morgan fingerprint density at radius 3 is 0.812 bits per heavy atom. The smallest absolute Gasteiger partial charge is 0.306 e. The van der Waals surface area contributed by atoms with E-state index in [0.717, 1.165) is 63.7 Å². The van der Waals surface area contributed by atoms with Crippen LogP contribution >= 0.6 is 0 Å². The third-order valence-electron chi connectivity index (χ3n) is 13.7. The summed E-state index contributed by atoms with van der Waals surface area (Å²) in [5, 5.41) is 0. The highest BCUT2D eigenvalue weighted by atomic mass is 16.6. The minimum Gasteiger partial charge on any atom is -0.462 e. The van der Waals surface area contributed by atoms with Crippen LogP contribution in [-0.2, 0) is 28.6 Å². The number of esters is 3. The summed E-state index contributed by atoms with van der Waals surface area (Å²) in [7, 11) is 0. The zero-order chi connectivity index (χ0) is 46.7. The second-order valence-electron chi connectivity index (χ2n) is 20.2. The normalized spacial score (nSPS) is 12.4. The van der Waals surface area contributed by atoms with Gasteiger partial charge in [0.05, 0.1) is 0 Å². The average molecular weight is 906 g/mol. The molecule has 0 amide bonds. The quantitative estimate of drug-likeness (QED) is 0.0344. The predicted octanol–water partition coefficient (Wildman–Crippen LogP) is 19.0. The van der Waals surface area contributed by atoms with Crippen LogP contribution < -0.4 is 0 Å². The molecule has 0 heterocycles. The summed E-state index contributed by atoms with van der Waals surface area (Å²) < 4.78 is 16.9. The Morgan fingerprint density at radius 2 is 0.547 bits per heavy atom. The first-order valence-electron chi connectivity index (χ1n) is 28.9. The molecule has 0 saturated heterocycles. The van der Waals surface area contributed by atoms with E-state index >= 15 is 0 Å². The van der Waals surface area contributed by atoms with Crippen molar-refractivity contribution in [3.8, 4) is 0 Å². The van der Waals surface area contributed by atoms with Crippen molar-refractivity contribution in [1.29, 1.82) is 0 Å². The second kappa shape index (κ2) is 52.4. The number of hydrogen-bond donors (Lipinski definition) is 0. The van der Waals surface area contributed by atoms with Crippen molar-refractivity contribution in [3.05, 3.63) is 0 Å². The molecule has 1 unspecified atom stereocenters. The zero-order valence-corrected chi connectivity index (χ0v) is 43.8.